The quantitative estimate of drug-likeness (QED) is 0.862. The van der Waals surface area contributed by atoms with Crippen LogP contribution in [-0.2, 0) is 13.6 Å². The van der Waals surface area contributed by atoms with E-state index in [1.54, 1.807) is 12.3 Å². The lowest BCUT2D eigenvalue weighted by atomic mass is 10.5. The minimum Gasteiger partial charge on any atom is -0.383 e. The van der Waals surface area contributed by atoms with Crippen molar-refractivity contribution in [1.29, 1.82) is 0 Å². The van der Waals surface area contributed by atoms with Gasteiger partial charge in [0.15, 0.2) is 0 Å². The van der Waals surface area contributed by atoms with Crippen LogP contribution in [-0.4, -0.2) is 26.6 Å². The van der Waals surface area contributed by atoms with Crippen LogP contribution in [0.1, 0.15) is 5.82 Å². The summed E-state index contributed by atoms with van der Waals surface area (Å²) < 4.78 is 2.63. The van der Waals surface area contributed by atoms with Gasteiger partial charge in [0.25, 0.3) is 0 Å². The number of nitrogen functional groups attached to an aromatic ring is 1. The molecule has 2 rings (SSSR count). The van der Waals surface area contributed by atoms with Crippen molar-refractivity contribution in [3.63, 3.8) is 0 Å². The normalized spacial score (nSPS) is 10.5. The summed E-state index contributed by atoms with van der Waals surface area (Å²) >= 11 is 3.30. The van der Waals surface area contributed by atoms with E-state index in [-0.39, 0.29) is 0 Å². The minimum absolute atomic E-state index is 0.438. The number of aryl methyl sites for hydroxylation is 1. The molecule has 2 N–H and O–H groups in total. The van der Waals surface area contributed by atoms with Crippen LogP contribution in [0.2, 0.25) is 0 Å². The second-order valence-electron chi connectivity index (χ2n) is 3.73. The van der Waals surface area contributed by atoms with Crippen LogP contribution in [0.25, 0.3) is 0 Å². The highest BCUT2D eigenvalue weighted by Gasteiger charge is 2.09. The summed E-state index contributed by atoms with van der Waals surface area (Å²) in [4.78, 5) is 14.6. The summed E-state index contributed by atoms with van der Waals surface area (Å²) in [6.45, 7) is 0.624. The first-order valence-electron chi connectivity index (χ1n) is 5.03. The van der Waals surface area contributed by atoms with Crippen molar-refractivity contribution in [3.8, 4) is 0 Å². The van der Waals surface area contributed by atoms with Crippen molar-refractivity contribution in [3.05, 3.63) is 28.9 Å². The number of anilines is 2. The first kappa shape index (κ1) is 11.8. The van der Waals surface area contributed by atoms with Gasteiger partial charge in [-0.05, 0) is 15.9 Å². The number of halogens is 1. The van der Waals surface area contributed by atoms with Gasteiger partial charge in [-0.25, -0.2) is 9.97 Å². The molecular weight excluding hydrogens is 284 g/mol. The van der Waals surface area contributed by atoms with Gasteiger partial charge in [-0.2, -0.15) is 4.98 Å². The second-order valence-corrected chi connectivity index (χ2v) is 4.54. The first-order valence-corrected chi connectivity index (χ1v) is 5.83. The Hall–Kier alpha value is -1.63. The number of nitrogens with two attached hydrogens (primary N) is 1. The zero-order valence-electron chi connectivity index (χ0n) is 9.63. The van der Waals surface area contributed by atoms with Crippen LogP contribution in [0.3, 0.4) is 0 Å². The van der Waals surface area contributed by atoms with Gasteiger partial charge in [-0.15, -0.1) is 0 Å². The third-order valence-electron chi connectivity index (χ3n) is 2.34. The van der Waals surface area contributed by atoms with Gasteiger partial charge < -0.3 is 15.2 Å². The fourth-order valence-corrected chi connectivity index (χ4v) is 1.82. The van der Waals surface area contributed by atoms with Crippen molar-refractivity contribution in [2.24, 2.45) is 7.05 Å². The lowest BCUT2D eigenvalue weighted by molar-refractivity contribution is 0.746. The zero-order chi connectivity index (χ0) is 12.4. The molecule has 0 fully saturated rings. The fraction of sp³-hybridized carbons (Fsp3) is 0.300. The summed E-state index contributed by atoms with van der Waals surface area (Å²) in [5, 5.41) is 0. The fourth-order valence-electron chi connectivity index (χ4n) is 1.42. The molecule has 0 aromatic carbocycles. The Balaban J connectivity index is 2.20. The molecule has 0 saturated heterocycles. The predicted molar refractivity (Wildman–Crippen MR) is 69.5 cm³/mol. The zero-order valence-corrected chi connectivity index (χ0v) is 11.2. The van der Waals surface area contributed by atoms with Crippen molar-refractivity contribution in [2.45, 2.75) is 6.54 Å². The molecule has 0 aliphatic rings. The van der Waals surface area contributed by atoms with Crippen LogP contribution in [0.15, 0.2) is 23.1 Å². The molecule has 0 unspecified atom stereocenters. The molecule has 2 aromatic heterocycles. The molecule has 90 valence electrons. The van der Waals surface area contributed by atoms with Crippen molar-refractivity contribution < 1.29 is 0 Å². The topological polar surface area (TPSA) is 72.9 Å². The van der Waals surface area contributed by atoms with E-state index in [9.17, 15) is 0 Å². The van der Waals surface area contributed by atoms with E-state index in [0.717, 1.165) is 5.82 Å². The third kappa shape index (κ3) is 2.73. The van der Waals surface area contributed by atoms with Crippen LogP contribution in [0, 0.1) is 0 Å². The van der Waals surface area contributed by atoms with E-state index in [1.165, 1.54) is 0 Å². The third-order valence-corrected chi connectivity index (χ3v) is 2.75. The number of rotatable bonds is 3. The molecule has 0 aliphatic carbocycles. The Morgan fingerprint density at radius 1 is 1.47 bits per heavy atom. The van der Waals surface area contributed by atoms with Crippen LogP contribution in [0.4, 0.5) is 11.8 Å². The van der Waals surface area contributed by atoms with E-state index in [0.29, 0.717) is 22.9 Å². The highest BCUT2D eigenvalue weighted by Crippen LogP contribution is 2.16. The highest BCUT2D eigenvalue weighted by atomic mass is 79.9. The molecule has 0 spiro atoms. The number of aromatic nitrogens is 4. The molecule has 0 atom stereocenters. The van der Waals surface area contributed by atoms with Crippen LogP contribution in [0.5, 0.6) is 0 Å². The Morgan fingerprint density at radius 2 is 2.24 bits per heavy atom. The molecule has 0 radical (unpaired) electrons. The van der Waals surface area contributed by atoms with E-state index in [2.05, 4.69) is 30.9 Å². The standard InChI is InChI=1S/C10H13BrN6/c1-16-4-3-13-9(16)6-17(2)10-14-7(11)5-8(12)15-10/h3-5H,6H2,1-2H3,(H2,12,14,15). The molecule has 7 heteroatoms. The Labute approximate surface area is 108 Å². The molecule has 0 bridgehead atoms. The number of hydrogen-bond acceptors (Lipinski definition) is 5. The summed E-state index contributed by atoms with van der Waals surface area (Å²) in [6, 6.07) is 1.66. The summed E-state index contributed by atoms with van der Waals surface area (Å²) in [5.41, 5.74) is 5.67. The molecule has 0 amide bonds. The maximum absolute atomic E-state index is 5.67. The van der Waals surface area contributed by atoms with Gasteiger partial charge >= 0.3 is 0 Å². The maximum atomic E-state index is 5.67. The van der Waals surface area contributed by atoms with Gasteiger partial charge in [0.05, 0.1) is 6.54 Å². The average molecular weight is 297 g/mol. The van der Waals surface area contributed by atoms with E-state index >= 15 is 0 Å². The van der Waals surface area contributed by atoms with Crippen LogP contribution >= 0.6 is 15.9 Å². The van der Waals surface area contributed by atoms with Crippen LogP contribution < -0.4 is 10.6 Å². The van der Waals surface area contributed by atoms with E-state index in [1.807, 2.05) is 29.8 Å². The lowest BCUT2D eigenvalue weighted by Crippen LogP contribution is -2.21. The number of hydrogen-bond donors (Lipinski definition) is 1. The van der Waals surface area contributed by atoms with Crippen molar-refractivity contribution in [2.75, 3.05) is 17.7 Å². The number of nitrogens with zero attached hydrogens (tertiary/aromatic N) is 5. The Morgan fingerprint density at radius 3 is 2.82 bits per heavy atom. The first-order chi connectivity index (χ1) is 8.06. The van der Waals surface area contributed by atoms with Gasteiger partial charge in [0.1, 0.15) is 16.2 Å². The minimum atomic E-state index is 0.438. The summed E-state index contributed by atoms with van der Waals surface area (Å²) in [5.74, 6) is 1.95. The molecule has 2 aromatic rings. The monoisotopic (exact) mass is 296 g/mol. The predicted octanol–water partition coefficient (Wildman–Crippen LogP) is 1.19. The number of imidazole rings is 1. The molecule has 2 heterocycles. The van der Waals surface area contributed by atoms with Gasteiger partial charge in [0, 0.05) is 32.6 Å². The van der Waals surface area contributed by atoms with Gasteiger partial charge in [-0.1, -0.05) is 0 Å². The lowest BCUT2D eigenvalue weighted by Gasteiger charge is -2.17. The Kier molecular flexibility index (Phi) is 3.28. The molecule has 0 saturated carbocycles. The maximum Gasteiger partial charge on any atom is 0.228 e. The summed E-state index contributed by atoms with van der Waals surface area (Å²) in [7, 11) is 3.85. The molecule has 6 nitrogen and oxygen atoms in total. The van der Waals surface area contributed by atoms with Gasteiger partial charge in [0.2, 0.25) is 5.95 Å². The SMILES string of the molecule is CN(Cc1nccn1C)c1nc(N)cc(Br)n1. The largest absolute Gasteiger partial charge is 0.383 e. The summed E-state index contributed by atoms with van der Waals surface area (Å²) in [6.07, 6.45) is 3.67. The van der Waals surface area contributed by atoms with Crippen molar-refractivity contribution >= 4 is 27.7 Å². The molecule has 17 heavy (non-hydrogen) atoms. The Bertz CT molecular complexity index is 503. The smallest absolute Gasteiger partial charge is 0.228 e. The molecule has 0 aliphatic heterocycles. The second kappa shape index (κ2) is 4.70. The average Bonchev–Trinajstić information content (AvgIpc) is 2.63. The highest BCUT2D eigenvalue weighted by molar-refractivity contribution is 9.10. The van der Waals surface area contributed by atoms with Gasteiger partial charge in [-0.3, -0.25) is 0 Å². The van der Waals surface area contributed by atoms with Crippen molar-refractivity contribution in [1.82, 2.24) is 19.5 Å². The van der Waals surface area contributed by atoms with E-state index in [4.69, 9.17) is 5.73 Å². The molecular formula is C10H13BrN6. The van der Waals surface area contributed by atoms with E-state index < -0.39 is 0 Å².